The first-order chi connectivity index (χ1) is 9.84. The van der Waals surface area contributed by atoms with E-state index in [1.807, 2.05) is 18.2 Å². The van der Waals surface area contributed by atoms with Gasteiger partial charge in [0.05, 0.1) is 13.2 Å². The Hall–Kier alpha value is -2.04. The highest BCUT2D eigenvalue weighted by Gasteiger charge is 2.18. The van der Waals surface area contributed by atoms with Crippen LogP contribution in [0.4, 0.5) is 0 Å². The number of aromatic nitrogens is 1. The third kappa shape index (κ3) is 2.76. The summed E-state index contributed by atoms with van der Waals surface area (Å²) in [5.41, 5.74) is 2.07. The van der Waals surface area contributed by atoms with Crippen molar-refractivity contribution in [1.82, 2.24) is 4.98 Å². The molecule has 4 nitrogen and oxygen atoms in total. The van der Waals surface area contributed by atoms with E-state index in [9.17, 15) is 4.79 Å². The van der Waals surface area contributed by atoms with Crippen LogP contribution in [0.5, 0.6) is 0 Å². The molecule has 20 heavy (non-hydrogen) atoms. The SMILES string of the molecule is O=C(c1cccnc1)c1cccc(C2OCCCO2)c1. The van der Waals surface area contributed by atoms with Crippen LogP contribution < -0.4 is 0 Å². The molecule has 0 radical (unpaired) electrons. The third-order valence-electron chi connectivity index (χ3n) is 3.17. The van der Waals surface area contributed by atoms with Crippen LogP contribution >= 0.6 is 0 Å². The summed E-state index contributed by atoms with van der Waals surface area (Å²) in [6.45, 7) is 1.37. The van der Waals surface area contributed by atoms with Crippen molar-refractivity contribution in [3.63, 3.8) is 0 Å². The zero-order valence-electron chi connectivity index (χ0n) is 11.0. The maximum atomic E-state index is 12.4. The number of carbonyl (C=O) groups excluding carboxylic acids is 1. The Morgan fingerprint density at radius 1 is 1.10 bits per heavy atom. The molecule has 0 saturated carbocycles. The van der Waals surface area contributed by atoms with Crippen molar-refractivity contribution in [2.75, 3.05) is 13.2 Å². The summed E-state index contributed by atoms with van der Waals surface area (Å²) in [7, 11) is 0. The van der Waals surface area contributed by atoms with E-state index in [2.05, 4.69) is 4.98 Å². The Morgan fingerprint density at radius 2 is 1.90 bits per heavy atom. The first kappa shape index (κ1) is 13.0. The fraction of sp³-hybridized carbons (Fsp3) is 0.250. The molecule has 0 N–H and O–H groups in total. The van der Waals surface area contributed by atoms with E-state index in [-0.39, 0.29) is 12.1 Å². The van der Waals surface area contributed by atoms with Crippen LogP contribution in [0.3, 0.4) is 0 Å². The molecular formula is C16H15NO3. The molecule has 4 heteroatoms. The van der Waals surface area contributed by atoms with Gasteiger partial charge in [0.25, 0.3) is 0 Å². The molecule has 0 amide bonds. The van der Waals surface area contributed by atoms with Crippen LogP contribution in [-0.4, -0.2) is 24.0 Å². The number of hydrogen-bond donors (Lipinski definition) is 0. The van der Waals surface area contributed by atoms with Gasteiger partial charge in [-0.3, -0.25) is 9.78 Å². The Morgan fingerprint density at radius 3 is 2.65 bits per heavy atom. The molecule has 1 aliphatic heterocycles. The second-order valence-corrected chi connectivity index (χ2v) is 4.62. The van der Waals surface area contributed by atoms with Gasteiger partial charge >= 0.3 is 0 Å². The smallest absolute Gasteiger partial charge is 0.194 e. The molecular weight excluding hydrogens is 254 g/mol. The summed E-state index contributed by atoms with van der Waals surface area (Å²) in [5, 5.41) is 0. The highest BCUT2D eigenvalue weighted by atomic mass is 16.7. The van der Waals surface area contributed by atoms with Crippen LogP contribution in [0.1, 0.15) is 34.2 Å². The summed E-state index contributed by atoms with van der Waals surface area (Å²) in [6.07, 6.45) is 3.76. The van der Waals surface area contributed by atoms with Gasteiger partial charge in [0.2, 0.25) is 0 Å². The minimum Gasteiger partial charge on any atom is -0.348 e. The normalized spacial score (nSPS) is 16.0. The van der Waals surface area contributed by atoms with Gasteiger partial charge in [-0.1, -0.05) is 18.2 Å². The van der Waals surface area contributed by atoms with Crippen molar-refractivity contribution in [3.05, 3.63) is 65.5 Å². The van der Waals surface area contributed by atoms with Crippen LogP contribution in [0, 0.1) is 0 Å². The molecule has 0 atom stereocenters. The van der Waals surface area contributed by atoms with E-state index < -0.39 is 0 Å². The monoisotopic (exact) mass is 269 g/mol. The van der Waals surface area contributed by atoms with Gasteiger partial charge in [-0.25, -0.2) is 0 Å². The van der Waals surface area contributed by atoms with E-state index >= 15 is 0 Å². The van der Waals surface area contributed by atoms with E-state index in [4.69, 9.17) is 9.47 Å². The van der Waals surface area contributed by atoms with Crippen molar-refractivity contribution in [3.8, 4) is 0 Å². The molecule has 0 spiro atoms. The molecule has 1 aliphatic rings. The predicted molar refractivity (Wildman–Crippen MR) is 73.4 cm³/mol. The molecule has 0 unspecified atom stereocenters. The second kappa shape index (κ2) is 5.94. The van der Waals surface area contributed by atoms with E-state index in [1.54, 1.807) is 30.6 Å². The largest absolute Gasteiger partial charge is 0.348 e. The first-order valence-electron chi connectivity index (χ1n) is 6.62. The fourth-order valence-corrected chi connectivity index (χ4v) is 2.17. The molecule has 1 aromatic heterocycles. The lowest BCUT2D eigenvalue weighted by atomic mass is 10.0. The van der Waals surface area contributed by atoms with Gasteiger partial charge in [0, 0.05) is 29.1 Å². The Kier molecular flexibility index (Phi) is 3.85. The zero-order chi connectivity index (χ0) is 13.8. The number of hydrogen-bond acceptors (Lipinski definition) is 4. The molecule has 3 rings (SSSR count). The number of nitrogens with zero attached hydrogens (tertiary/aromatic N) is 1. The van der Waals surface area contributed by atoms with Crippen LogP contribution in [0.2, 0.25) is 0 Å². The Bertz CT molecular complexity index is 592. The molecule has 1 saturated heterocycles. The zero-order valence-corrected chi connectivity index (χ0v) is 11.0. The topological polar surface area (TPSA) is 48.4 Å². The number of pyridine rings is 1. The predicted octanol–water partition coefficient (Wildman–Crippen LogP) is 2.75. The number of ketones is 1. The maximum absolute atomic E-state index is 12.4. The van der Waals surface area contributed by atoms with Gasteiger partial charge in [-0.15, -0.1) is 0 Å². The van der Waals surface area contributed by atoms with Gasteiger partial charge in [0.1, 0.15) is 0 Å². The summed E-state index contributed by atoms with van der Waals surface area (Å²) in [5.74, 6) is -0.0456. The molecule has 0 bridgehead atoms. The van der Waals surface area contributed by atoms with Crippen LogP contribution in [0.15, 0.2) is 48.8 Å². The number of ether oxygens (including phenoxy) is 2. The molecule has 102 valence electrons. The van der Waals surface area contributed by atoms with Gasteiger partial charge in [-0.05, 0) is 24.6 Å². The van der Waals surface area contributed by atoms with Crippen molar-refractivity contribution < 1.29 is 14.3 Å². The Balaban J connectivity index is 1.85. The van der Waals surface area contributed by atoms with E-state index in [0.717, 1.165) is 12.0 Å². The number of rotatable bonds is 3. The van der Waals surface area contributed by atoms with Crippen LogP contribution in [0.25, 0.3) is 0 Å². The lowest BCUT2D eigenvalue weighted by molar-refractivity contribution is -0.183. The average Bonchev–Trinajstić information content (AvgIpc) is 2.56. The van der Waals surface area contributed by atoms with Crippen molar-refractivity contribution in [2.24, 2.45) is 0 Å². The first-order valence-corrected chi connectivity index (χ1v) is 6.62. The van der Waals surface area contributed by atoms with Crippen LogP contribution in [-0.2, 0) is 9.47 Å². The summed E-state index contributed by atoms with van der Waals surface area (Å²) in [4.78, 5) is 16.3. The Labute approximate surface area is 117 Å². The molecule has 2 aromatic rings. The minimum absolute atomic E-state index is 0.0456. The summed E-state index contributed by atoms with van der Waals surface area (Å²) < 4.78 is 11.1. The lowest BCUT2D eigenvalue weighted by Gasteiger charge is -2.23. The number of carbonyl (C=O) groups is 1. The molecule has 1 aromatic carbocycles. The maximum Gasteiger partial charge on any atom is 0.194 e. The molecule has 0 aliphatic carbocycles. The number of benzene rings is 1. The van der Waals surface area contributed by atoms with Crippen molar-refractivity contribution in [1.29, 1.82) is 0 Å². The van der Waals surface area contributed by atoms with Crippen molar-refractivity contribution >= 4 is 5.78 Å². The average molecular weight is 269 g/mol. The lowest BCUT2D eigenvalue weighted by Crippen LogP contribution is -2.18. The van der Waals surface area contributed by atoms with Crippen molar-refractivity contribution in [2.45, 2.75) is 12.7 Å². The third-order valence-corrected chi connectivity index (χ3v) is 3.17. The van der Waals surface area contributed by atoms with Gasteiger partial charge < -0.3 is 9.47 Å². The quantitative estimate of drug-likeness (QED) is 0.804. The van der Waals surface area contributed by atoms with Gasteiger partial charge in [0.15, 0.2) is 12.1 Å². The highest BCUT2D eigenvalue weighted by molar-refractivity contribution is 6.08. The van der Waals surface area contributed by atoms with E-state index in [0.29, 0.717) is 24.3 Å². The second-order valence-electron chi connectivity index (χ2n) is 4.62. The molecule has 1 fully saturated rings. The standard InChI is InChI=1S/C16H15NO3/c18-15(14-6-2-7-17-11-14)12-4-1-5-13(10-12)16-19-8-3-9-20-16/h1-2,4-7,10-11,16H,3,8-9H2. The van der Waals surface area contributed by atoms with Gasteiger partial charge in [-0.2, -0.15) is 0 Å². The summed E-state index contributed by atoms with van der Waals surface area (Å²) >= 11 is 0. The summed E-state index contributed by atoms with van der Waals surface area (Å²) in [6, 6.07) is 10.9. The fourth-order valence-electron chi connectivity index (χ4n) is 2.17. The molecule has 2 heterocycles. The highest BCUT2D eigenvalue weighted by Crippen LogP contribution is 2.24. The minimum atomic E-state index is -0.370. The van der Waals surface area contributed by atoms with E-state index in [1.165, 1.54) is 0 Å².